The molecule has 0 spiro atoms. The Bertz CT molecular complexity index is 670. The number of hydrogen-bond acceptors (Lipinski definition) is 5. The Labute approximate surface area is 135 Å². The number of rotatable bonds is 3. The molecule has 0 radical (unpaired) electrons. The van der Waals surface area contributed by atoms with Gasteiger partial charge < -0.3 is 14.5 Å². The third-order valence-corrected chi connectivity index (χ3v) is 3.67. The average molecular weight is 315 g/mol. The van der Waals surface area contributed by atoms with Gasteiger partial charge in [-0.25, -0.2) is 4.79 Å². The number of hydrogen-bond donors (Lipinski definition) is 1. The van der Waals surface area contributed by atoms with Crippen molar-refractivity contribution in [2.45, 2.75) is 51.2 Å². The first-order chi connectivity index (χ1) is 10.9. The Morgan fingerprint density at radius 1 is 1.22 bits per heavy atom. The van der Waals surface area contributed by atoms with Crippen LogP contribution in [0.25, 0.3) is 11.5 Å². The molecular formula is C17H21N3O3. The van der Waals surface area contributed by atoms with Crippen LogP contribution >= 0.6 is 0 Å². The molecule has 1 aromatic carbocycles. The van der Waals surface area contributed by atoms with Crippen molar-refractivity contribution in [2.24, 2.45) is 0 Å². The van der Waals surface area contributed by atoms with E-state index in [1.54, 1.807) is 0 Å². The normalized spacial score (nSPS) is 20.7. The molecule has 2 aromatic rings. The van der Waals surface area contributed by atoms with Gasteiger partial charge in [-0.2, -0.15) is 0 Å². The topological polar surface area (TPSA) is 77.2 Å². The first-order valence-corrected chi connectivity index (χ1v) is 7.79. The number of nitrogens with zero attached hydrogens (tertiary/aromatic N) is 2. The second-order valence-corrected chi connectivity index (χ2v) is 6.82. The predicted molar refractivity (Wildman–Crippen MR) is 84.9 cm³/mol. The molecule has 0 atom stereocenters. The van der Waals surface area contributed by atoms with E-state index in [9.17, 15) is 4.79 Å². The summed E-state index contributed by atoms with van der Waals surface area (Å²) < 4.78 is 11.0. The zero-order valence-corrected chi connectivity index (χ0v) is 13.6. The van der Waals surface area contributed by atoms with Crippen LogP contribution in [-0.2, 0) is 4.74 Å². The Morgan fingerprint density at radius 2 is 1.91 bits per heavy atom. The molecule has 6 heteroatoms. The van der Waals surface area contributed by atoms with Crippen LogP contribution in [0.5, 0.6) is 0 Å². The van der Waals surface area contributed by atoms with Crippen LogP contribution in [0.15, 0.2) is 34.7 Å². The van der Waals surface area contributed by atoms with E-state index >= 15 is 0 Å². The lowest BCUT2D eigenvalue weighted by molar-refractivity contribution is 0.0466. The summed E-state index contributed by atoms with van der Waals surface area (Å²) in [6, 6.07) is 9.78. The van der Waals surface area contributed by atoms with Gasteiger partial charge in [0, 0.05) is 17.5 Å². The van der Waals surface area contributed by atoms with E-state index in [0.717, 1.165) is 18.4 Å². The van der Waals surface area contributed by atoms with Gasteiger partial charge in [-0.15, -0.1) is 10.2 Å². The van der Waals surface area contributed by atoms with E-state index in [0.29, 0.717) is 11.8 Å². The molecule has 0 saturated heterocycles. The highest BCUT2D eigenvalue weighted by molar-refractivity contribution is 5.68. The van der Waals surface area contributed by atoms with Crippen molar-refractivity contribution in [3.63, 3.8) is 0 Å². The predicted octanol–water partition coefficient (Wildman–Crippen LogP) is 3.51. The maximum absolute atomic E-state index is 11.7. The Hall–Kier alpha value is -2.37. The Morgan fingerprint density at radius 3 is 2.57 bits per heavy atom. The standard InChI is InChI=1S/C17H21N3O3/c1-17(2,3)23-16(21)18-13-9-12(10-13)15-20-19-14(22-15)11-7-5-4-6-8-11/h4-8,12-13H,9-10H2,1-3H3,(H,18,21)/t12-,13-. The third kappa shape index (κ3) is 3.88. The summed E-state index contributed by atoms with van der Waals surface area (Å²) in [7, 11) is 0. The molecule has 0 aliphatic heterocycles. The number of carbonyl (C=O) groups excluding carboxylic acids is 1. The first-order valence-electron chi connectivity index (χ1n) is 7.79. The molecule has 0 bridgehead atoms. The summed E-state index contributed by atoms with van der Waals surface area (Å²) in [6.07, 6.45) is 1.20. The molecule has 6 nitrogen and oxygen atoms in total. The molecule has 1 saturated carbocycles. The molecular weight excluding hydrogens is 294 g/mol. The van der Waals surface area contributed by atoms with Crippen LogP contribution in [0.1, 0.15) is 45.4 Å². The number of carbonyl (C=O) groups is 1. The van der Waals surface area contributed by atoms with Crippen molar-refractivity contribution in [1.29, 1.82) is 0 Å². The Kier molecular flexibility index (Phi) is 4.07. The van der Waals surface area contributed by atoms with Gasteiger partial charge in [-0.1, -0.05) is 18.2 Å². The van der Waals surface area contributed by atoms with Crippen LogP contribution in [-0.4, -0.2) is 27.9 Å². The van der Waals surface area contributed by atoms with Crippen molar-refractivity contribution in [2.75, 3.05) is 0 Å². The number of ether oxygens (including phenoxy) is 1. The number of amides is 1. The molecule has 1 heterocycles. The molecule has 3 rings (SSSR count). The van der Waals surface area contributed by atoms with Crippen molar-refractivity contribution >= 4 is 6.09 Å². The number of alkyl carbamates (subject to hydrolysis) is 1. The minimum absolute atomic E-state index is 0.0990. The van der Waals surface area contributed by atoms with Crippen molar-refractivity contribution in [3.8, 4) is 11.5 Å². The largest absolute Gasteiger partial charge is 0.444 e. The van der Waals surface area contributed by atoms with E-state index in [4.69, 9.17) is 9.15 Å². The van der Waals surface area contributed by atoms with Crippen LogP contribution < -0.4 is 5.32 Å². The lowest BCUT2D eigenvalue weighted by Gasteiger charge is -2.33. The average Bonchev–Trinajstić information content (AvgIpc) is 2.90. The van der Waals surface area contributed by atoms with Crippen molar-refractivity contribution in [1.82, 2.24) is 15.5 Å². The van der Waals surface area contributed by atoms with Gasteiger partial charge in [0.15, 0.2) is 0 Å². The van der Waals surface area contributed by atoms with Crippen LogP contribution in [0.3, 0.4) is 0 Å². The SMILES string of the molecule is CC(C)(C)OC(=O)N[C@H]1C[C@H](c2nnc(-c3ccccc3)o2)C1. The molecule has 1 amide bonds. The summed E-state index contributed by atoms with van der Waals surface area (Å²) in [4.78, 5) is 11.7. The summed E-state index contributed by atoms with van der Waals surface area (Å²) in [5.74, 6) is 1.36. The van der Waals surface area contributed by atoms with E-state index in [1.165, 1.54) is 0 Å². The highest BCUT2D eigenvalue weighted by Gasteiger charge is 2.36. The first kappa shape index (κ1) is 15.5. The highest BCUT2D eigenvalue weighted by atomic mass is 16.6. The van der Waals surface area contributed by atoms with E-state index in [-0.39, 0.29) is 18.1 Å². The lowest BCUT2D eigenvalue weighted by atomic mass is 9.80. The zero-order chi connectivity index (χ0) is 16.4. The minimum atomic E-state index is -0.482. The fourth-order valence-corrected chi connectivity index (χ4v) is 2.51. The van der Waals surface area contributed by atoms with E-state index in [1.807, 2.05) is 51.1 Å². The summed E-state index contributed by atoms with van der Waals surface area (Å²) in [5, 5.41) is 11.1. The monoisotopic (exact) mass is 315 g/mol. The van der Waals surface area contributed by atoms with Gasteiger partial charge in [-0.05, 0) is 45.7 Å². The molecule has 23 heavy (non-hydrogen) atoms. The van der Waals surface area contributed by atoms with Gasteiger partial charge in [-0.3, -0.25) is 0 Å². The van der Waals surface area contributed by atoms with E-state index in [2.05, 4.69) is 15.5 Å². The van der Waals surface area contributed by atoms with Gasteiger partial charge in [0.1, 0.15) is 5.60 Å². The minimum Gasteiger partial charge on any atom is -0.444 e. The van der Waals surface area contributed by atoms with Crippen LogP contribution in [0, 0.1) is 0 Å². The molecule has 1 fully saturated rings. The fourth-order valence-electron chi connectivity index (χ4n) is 2.51. The second-order valence-electron chi connectivity index (χ2n) is 6.82. The van der Waals surface area contributed by atoms with Gasteiger partial charge >= 0.3 is 6.09 Å². The maximum atomic E-state index is 11.7. The van der Waals surface area contributed by atoms with Gasteiger partial charge in [0.25, 0.3) is 0 Å². The molecule has 1 aliphatic carbocycles. The maximum Gasteiger partial charge on any atom is 0.407 e. The molecule has 1 aromatic heterocycles. The summed E-state index contributed by atoms with van der Waals surface area (Å²) >= 11 is 0. The molecule has 122 valence electrons. The van der Waals surface area contributed by atoms with Gasteiger partial charge in [0.05, 0.1) is 0 Å². The third-order valence-electron chi connectivity index (χ3n) is 3.67. The van der Waals surface area contributed by atoms with Crippen LogP contribution in [0.4, 0.5) is 4.79 Å². The number of aromatic nitrogens is 2. The van der Waals surface area contributed by atoms with E-state index < -0.39 is 5.60 Å². The quantitative estimate of drug-likeness (QED) is 0.938. The van der Waals surface area contributed by atoms with Crippen molar-refractivity contribution in [3.05, 3.63) is 36.2 Å². The Balaban J connectivity index is 1.52. The summed E-state index contributed by atoms with van der Waals surface area (Å²) in [5.41, 5.74) is 0.429. The highest BCUT2D eigenvalue weighted by Crippen LogP contribution is 2.37. The lowest BCUT2D eigenvalue weighted by Crippen LogP contribution is -2.45. The van der Waals surface area contributed by atoms with Gasteiger partial charge in [0.2, 0.25) is 11.8 Å². The molecule has 1 aliphatic rings. The zero-order valence-electron chi connectivity index (χ0n) is 13.6. The second kappa shape index (κ2) is 6.02. The molecule has 1 N–H and O–H groups in total. The molecule has 0 unspecified atom stereocenters. The summed E-state index contributed by atoms with van der Waals surface area (Å²) in [6.45, 7) is 5.54. The van der Waals surface area contributed by atoms with Crippen LogP contribution in [0.2, 0.25) is 0 Å². The fraction of sp³-hybridized carbons (Fsp3) is 0.471. The number of nitrogens with one attached hydrogen (secondary N) is 1. The number of benzene rings is 1. The van der Waals surface area contributed by atoms with Crippen molar-refractivity contribution < 1.29 is 13.9 Å². The smallest absolute Gasteiger partial charge is 0.407 e.